The summed E-state index contributed by atoms with van der Waals surface area (Å²) in [5.41, 5.74) is 3.89. The van der Waals surface area contributed by atoms with Gasteiger partial charge in [-0.1, -0.05) is 66.4 Å². The topological polar surface area (TPSA) is 89.2 Å². The van der Waals surface area contributed by atoms with Crippen LogP contribution in [0.3, 0.4) is 0 Å². The molecule has 4 bridgehead atoms. The maximum absolute atomic E-state index is 13.1. The quantitative estimate of drug-likeness (QED) is 0.140. The van der Waals surface area contributed by atoms with Gasteiger partial charge < -0.3 is 5.32 Å². The number of carbonyl (C=O) groups excluding carboxylic acids is 1. The smallest absolute Gasteiger partial charge is 0.300 e. The zero-order valence-electron chi connectivity index (χ0n) is 23.1. The average molecular weight is 574 g/mol. The van der Waals surface area contributed by atoms with Gasteiger partial charge in [0.15, 0.2) is 16.5 Å². The Morgan fingerprint density at radius 3 is 2.26 bits per heavy atom. The van der Waals surface area contributed by atoms with Crippen LogP contribution in [0.5, 0.6) is 0 Å². The van der Waals surface area contributed by atoms with Crippen LogP contribution in [0.4, 0.5) is 5.69 Å². The SMILES string of the molecule is O=C(CSc1nc2ccccc2c2nc(=O)c(-c3ccccc3)nn12)Nc1ccc(C2C3CC4CC(C3)CC2C4)cc1. The average Bonchev–Trinajstić information content (AvgIpc) is 3.00. The first-order valence-electron chi connectivity index (χ1n) is 14.9. The second-order valence-electron chi connectivity index (χ2n) is 12.2. The van der Waals surface area contributed by atoms with Crippen LogP contribution in [-0.4, -0.2) is 31.2 Å². The van der Waals surface area contributed by atoms with Crippen molar-refractivity contribution in [2.24, 2.45) is 23.7 Å². The van der Waals surface area contributed by atoms with Crippen LogP contribution in [0.1, 0.15) is 43.6 Å². The number of carbonyl (C=O) groups is 1. The molecule has 3 aromatic carbocycles. The molecule has 4 fully saturated rings. The molecule has 0 spiro atoms. The highest BCUT2D eigenvalue weighted by molar-refractivity contribution is 7.99. The van der Waals surface area contributed by atoms with E-state index in [-0.39, 0.29) is 17.4 Å². The van der Waals surface area contributed by atoms with Gasteiger partial charge in [0.2, 0.25) is 5.91 Å². The van der Waals surface area contributed by atoms with E-state index >= 15 is 0 Å². The van der Waals surface area contributed by atoms with E-state index < -0.39 is 5.56 Å². The fraction of sp³-hybridized carbons (Fsp3) is 0.324. The number of hydrogen-bond donors (Lipinski definition) is 1. The maximum Gasteiger partial charge on any atom is 0.300 e. The van der Waals surface area contributed by atoms with Gasteiger partial charge >= 0.3 is 0 Å². The highest BCUT2D eigenvalue weighted by Crippen LogP contribution is 2.59. The summed E-state index contributed by atoms with van der Waals surface area (Å²) in [7, 11) is 0. The van der Waals surface area contributed by atoms with Crippen LogP contribution in [0.15, 0.2) is 88.8 Å². The fourth-order valence-corrected chi connectivity index (χ4v) is 8.81. The molecule has 2 aromatic heterocycles. The van der Waals surface area contributed by atoms with Gasteiger partial charge in [-0.25, -0.2) is 4.98 Å². The van der Waals surface area contributed by atoms with E-state index in [9.17, 15) is 9.59 Å². The van der Waals surface area contributed by atoms with Gasteiger partial charge in [-0.3, -0.25) is 9.59 Å². The Balaban J connectivity index is 1.02. The van der Waals surface area contributed by atoms with E-state index in [0.717, 1.165) is 34.7 Å². The van der Waals surface area contributed by atoms with Gasteiger partial charge in [0, 0.05) is 16.6 Å². The zero-order chi connectivity index (χ0) is 28.2. The molecule has 42 heavy (non-hydrogen) atoms. The summed E-state index contributed by atoms with van der Waals surface area (Å²) in [5.74, 6) is 4.30. The van der Waals surface area contributed by atoms with Crippen LogP contribution in [-0.2, 0) is 4.79 Å². The normalized spacial score (nSPS) is 24.3. The summed E-state index contributed by atoms with van der Waals surface area (Å²) >= 11 is 1.28. The molecule has 4 aliphatic carbocycles. The number of para-hydroxylation sites is 1. The van der Waals surface area contributed by atoms with E-state index in [0.29, 0.717) is 27.8 Å². The van der Waals surface area contributed by atoms with Gasteiger partial charge in [0.25, 0.3) is 5.56 Å². The number of aromatic nitrogens is 4. The summed E-state index contributed by atoms with van der Waals surface area (Å²) in [4.78, 5) is 35.2. The number of benzene rings is 3. The Labute approximate surface area is 247 Å². The van der Waals surface area contributed by atoms with Crippen LogP contribution in [0, 0.1) is 23.7 Å². The van der Waals surface area contributed by atoms with Crippen molar-refractivity contribution in [3.05, 3.63) is 94.8 Å². The van der Waals surface area contributed by atoms with Crippen molar-refractivity contribution in [2.45, 2.75) is 43.2 Å². The monoisotopic (exact) mass is 573 g/mol. The Morgan fingerprint density at radius 1 is 0.833 bits per heavy atom. The fourth-order valence-electron chi connectivity index (χ4n) is 8.06. The number of rotatable bonds is 6. The number of thioether (sulfide) groups is 1. The zero-order valence-corrected chi connectivity index (χ0v) is 24.0. The minimum absolute atomic E-state index is 0.122. The predicted octanol–water partition coefficient (Wildman–Crippen LogP) is 6.58. The van der Waals surface area contributed by atoms with Gasteiger partial charge in [0.1, 0.15) is 0 Å². The van der Waals surface area contributed by atoms with Gasteiger partial charge in [-0.05, 0) is 91.5 Å². The summed E-state index contributed by atoms with van der Waals surface area (Å²) in [5, 5.41) is 8.96. The van der Waals surface area contributed by atoms with Crippen molar-refractivity contribution < 1.29 is 4.79 Å². The minimum Gasteiger partial charge on any atom is -0.325 e. The second kappa shape index (κ2) is 10.3. The van der Waals surface area contributed by atoms with Crippen LogP contribution < -0.4 is 10.9 Å². The minimum atomic E-state index is -0.400. The van der Waals surface area contributed by atoms with Crippen LogP contribution in [0.25, 0.3) is 27.8 Å². The maximum atomic E-state index is 13.1. The largest absolute Gasteiger partial charge is 0.325 e. The molecule has 0 unspecified atom stereocenters. The number of amides is 1. The lowest BCUT2D eigenvalue weighted by Gasteiger charge is -2.54. The third-order valence-corrected chi connectivity index (χ3v) is 10.5. The molecular weight excluding hydrogens is 542 g/mol. The first-order chi connectivity index (χ1) is 20.6. The Hall–Kier alpha value is -4.04. The number of anilines is 1. The molecule has 8 heteroatoms. The van der Waals surface area contributed by atoms with Gasteiger partial charge in [-0.2, -0.15) is 14.6 Å². The molecule has 0 radical (unpaired) electrons. The summed E-state index contributed by atoms with van der Waals surface area (Å²) in [6.45, 7) is 0. The van der Waals surface area contributed by atoms with Gasteiger partial charge in [0.05, 0.1) is 11.3 Å². The molecule has 4 saturated carbocycles. The Kier molecular flexibility index (Phi) is 6.32. The van der Waals surface area contributed by atoms with Crippen molar-refractivity contribution in [1.82, 2.24) is 19.6 Å². The van der Waals surface area contributed by atoms with E-state index in [1.165, 1.54) is 49.4 Å². The highest BCUT2D eigenvalue weighted by Gasteiger charge is 2.48. The molecule has 0 aliphatic heterocycles. The molecule has 7 nitrogen and oxygen atoms in total. The van der Waals surface area contributed by atoms with Crippen LogP contribution >= 0.6 is 11.8 Å². The molecule has 4 aliphatic rings. The molecule has 5 aromatic rings. The lowest BCUT2D eigenvalue weighted by atomic mass is 9.51. The van der Waals surface area contributed by atoms with Crippen LogP contribution in [0.2, 0.25) is 0 Å². The highest BCUT2D eigenvalue weighted by atomic mass is 32.2. The lowest BCUT2D eigenvalue weighted by Crippen LogP contribution is -2.43. The van der Waals surface area contributed by atoms with Crippen molar-refractivity contribution in [1.29, 1.82) is 0 Å². The number of hydrogen-bond acceptors (Lipinski definition) is 6. The molecule has 1 amide bonds. The summed E-state index contributed by atoms with van der Waals surface area (Å²) < 4.78 is 1.59. The first kappa shape index (κ1) is 25.7. The van der Waals surface area contributed by atoms with Crippen molar-refractivity contribution in [2.75, 3.05) is 11.1 Å². The standard InChI is InChI=1S/C34H31N5O2S/c40-29(35-26-12-10-22(11-13-26)30-24-15-20-14-21(17-24)18-25(30)16-20)19-42-34-36-28-9-5-4-8-27(28)32-37-33(41)31(38-39(32)34)23-6-2-1-3-7-23/h1-13,20-21,24-25,30H,14-19H2,(H,35,40). The molecule has 0 saturated heterocycles. The summed E-state index contributed by atoms with van der Waals surface area (Å²) in [6, 6.07) is 25.4. The third-order valence-electron chi connectivity index (χ3n) is 9.54. The molecule has 9 rings (SSSR count). The second-order valence-corrected chi connectivity index (χ2v) is 13.1. The van der Waals surface area contributed by atoms with Gasteiger partial charge in [-0.15, -0.1) is 0 Å². The van der Waals surface area contributed by atoms with E-state index in [1.54, 1.807) is 4.52 Å². The van der Waals surface area contributed by atoms with Crippen molar-refractivity contribution in [3.63, 3.8) is 0 Å². The van der Waals surface area contributed by atoms with E-state index in [1.807, 2.05) is 54.6 Å². The van der Waals surface area contributed by atoms with Crippen molar-refractivity contribution in [3.8, 4) is 11.3 Å². The Bertz CT molecular complexity index is 1840. The van der Waals surface area contributed by atoms with E-state index in [2.05, 4.69) is 39.7 Å². The first-order valence-corrected chi connectivity index (χ1v) is 15.9. The molecular formula is C34H31N5O2S. The predicted molar refractivity (Wildman–Crippen MR) is 166 cm³/mol. The third kappa shape index (κ3) is 4.58. The molecule has 0 atom stereocenters. The molecule has 210 valence electrons. The van der Waals surface area contributed by atoms with Crippen molar-refractivity contribution >= 4 is 39.9 Å². The number of fused-ring (bicyclic) bond motifs is 3. The Morgan fingerprint density at radius 2 is 1.52 bits per heavy atom. The lowest BCUT2D eigenvalue weighted by molar-refractivity contribution is -0.113. The summed E-state index contributed by atoms with van der Waals surface area (Å²) in [6.07, 6.45) is 7.06. The van der Waals surface area contributed by atoms with E-state index in [4.69, 9.17) is 4.98 Å². The number of nitrogens with one attached hydrogen (secondary N) is 1. The number of nitrogens with zero attached hydrogens (tertiary/aromatic N) is 4. The molecule has 2 heterocycles. The molecule has 1 N–H and O–H groups in total.